The maximum Gasteiger partial charge on any atom is 0.180 e. The van der Waals surface area contributed by atoms with E-state index in [1.807, 2.05) is 55.0 Å². The van der Waals surface area contributed by atoms with Crippen molar-refractivity contribution in [2.24, 2.45) is 0 Å². The van der Waals surface area contributed by atoms with Crippen LogP contribution in [0.4, 0.5) is 0 Å². The average Bonchev–Trinajstić information content (AvgIpc) is 2.42. The summed E-state index contributed by atoms with van der Waals surface area (Å²) in [6.07, 6.45) is 12.8. The Balaban J connectivity index is 2.53. The molecule has 0 atom stereocenters. The maximum atomic E-state index is 11.6. The maximum absolute atomic E-state index is 11.6. The summed E-state index contributed by atoms with van der Waals surface area (Å²) in [6.45, 7) is 0. The van der Waals surface area contributed by atoms with Gasteiger partial charge >= 0.3 is 0 Å². The zero-order valence-corrected chi connectivity index (χ0v) is 12.1. The first-order valence-electron chi connectivity index (χ1n) is 5.49. The first-order valence-corrected chi connectivity index (χ1v) is 7.94. The lowest BCUT2D eigenvalue weighted by Gasteiger charge is -1.95. The van der Waals surface area contributed by atoms with Gasteiger partial charge in [0.2, 0.25) is 0 Å². The second kappa shape index (κ2) is 8.84. The first kappa shape index (κ1) is 14.9. The Morgan fingerprint density at radius 1 is 1.06 bits per heavy atom. The van der Waals surface area contributed by atoms with Crippen molar-refractivity contribution in [1.82, 2.24) is 0 Å². The smallest absolute Gasteiger partial charge is 0.180 e. The molecule has 0 aliphatic heterocycles. The molecule has 0 fully saturated rings. The van der Waals surface area contributed by atoms with Crippen LogP contribution in [0.3, 0.4) is 0 Å². The molecule has 0 amide bonds. The molecule has 1 nitrogen and oxygen atoms in total. The van der Waals surface area contributed by atoms with Crippen LogP contribution in [0.2, 0.25) is 0 Å². The monoisotopic (exact) mass is 276 g/mol. The van der Waals surface area contributed by atoms with E-state index in [4.69, 9.17) is 0 Å². The fraction of sp³-hybridized carbons (Fsp3) is 0.133. The van der Waals surface area contributed by atoms with Crippen LogP contribution in [0.5, 0.6) is 0 Å². The van der Waals surface area contributed by atoms with Gasteiger partial charge in [-0.05, 0) is 24.2 Å². The van der Waals surface area contributed by atoms with Crippen molar-refractivity contribution in [2.45, 2.75) is 0 Å². The van der Waals surface area contributed by atoms with Crippen LogP contribution in [0, 0.1) is 0 Å². The number of hydrogen-bond donors (Lipinski definition) is 0. The number of carbonyl (C=O) groups is 1. The van der Waals surface area contributed by atoms with E-state index >= 15 is 0 Å². The van der Waals surface area contributed by atoms with E-state index in [0.29, 0.717) is 0 Å². The molecular formula is C15H16OS2. The van der Waals surface area contributed by atoms with Gasteiger partial charge in [-0.15, -0.1) is 23.5 Å². The number of rotatable bonds is 6. The summed E-state index contributed by atoms with van der Waals surface area (Å²) in [5.41, 5.74) is 1.12. The topological polar surface area (TPSA) is 17.1 Å². The van der Waals surface area contributed by atoms with Crippen LogP contribution in [0.25, 0.3) is 6.08 Å². The minimum Gasteiger partial charge on any atom is -0.290 e. The lowest BCUT2D eigenvalue weighted by molar-refractivity contribution is -0.110. The van der Waals surface area contributed by atoms with Crippen LogP contribution < -0.4 is 0 Å². The van der Waals surface area contributed by atoms with Crippen LogP contribution in [0.1, 0.15) is 5.56 Å². The summed E-state index contributed by atoms with van der Waals surface area (Å²) >= 11 is 3.17. The molecule has 0 aromatic heterocycles. The van der Waals surface area contributed by atoms with Crippen molar-refractivity contribution < 1.29 is 4.79 Å². The summed E-state index contributed by atoms with van der Waals surface area (Å²) < 4.78 is 1.02. The molecule has 0 N–H and O–H groups in total. The molecule has 0 aliphatic rings. The standard InChI is InChI=1S/C15H16OS2/c1-17-15(18-2)12-14(16)11-7-6-10-13-8-4-3-5-9-13/h3-12H,1-2H3. The Bertz CT molecular complexity index is 453. The van der Waals surface area contributed by atoms with Crippen molar-refractivity contribution in [3.63, 3.8) is 0 Å². The predicted octanol–water partition coefficient (Wildman–Crippen LogP) is 4.39. The van der Waals surface area contributed by atoms with E-state index in [9.17, 15) is 4.79 Å². The second-order valence-corrected chi connectivity index (χ2v) is 5.36. The van der Waals surface area contributed by atoms with Gasteiger partial charge in [0.15, 0.2) is 5.78 Å². The Labute approximate surface area is 117 Å². The lowest BCUT2D eigenvalue weighted by Crippen LogP contribution is -1.85. The molecule has 1 aromatic carbocycles. The third-order valence-corrected chi connectivity index (χ3v) is 4.16. The van der Waals surface area contributed by atoms with E-state index in [2.05, 4.69) is 0 Å². The zero-order chi connectivity index (χ0) is 13.2. The molecule has 18 heavy (non-hydrogen) atoms. The van der Waals surface area contributed by atoms with E-state index in [0.717, 1.165) is 9.80 Å². The summed E-state index contributed by atoms with van der Waals surface area (Å²) in [7, 11) is 0. The third kappa shape index (κ3) is 5.94. The van der Waals surface area contributed by atoms with Crippen molar-refractivity contribution in [3.05, 3.63) is 64.4 Å². The van der Waals surface area contributed by atoms with Crippen LogP contribution >= 0.6 is 23.5 Å². The van der Waals surface area contributed by atoms with Crippen molar-refractivity contribution in [1.29, 1.82) is 0 Å². The quantitative estimate of drug-likeness (QED) is 0.566. The summed E-state index contributed by atoms with van der Waals surface area (Å²) in [4.78, 5) is 11.6. The number of benzene rings is 1. The fourth-order valence-electron chi connectivity index (χ4n) is 1.25. The van der Waals surface area contributed by atoms with Gasteiger partial charge in [0.25, 0.3) is 0 Å². The molecule has 1 rings (SSSR count). The molecule has 0 saturated carbocycles. The molecule has 0 spiro atoms. The minimum absolute atomic E-state index is 0.0198. The Hall–Kier alpha value is -1.19. The molecule has 0 unspecified atom stereocenters. The molecule has 0 bridgehead atoms. The van der Waals surface area contributed by atoms with Crippen LogP contribution in [0.15, 0.2) is 58.9 Å². The molecule has 1 aromatic rings. The Kier molecular flexibility index (Phi) is 7.30. The van der Waals surface area contributed by atoms with Gasteiger partial charge < -0.3 is 0 Å². The van der Waals surface area contributed by atoms with Gasteiger partial charge in [-0.1, -0.05) is 48.6 Å². The summed E-state index contributed by atoms with van der Waals surface area (Å²) in [6, 6.07) is 9.99. The van der Waals surface area contributed by atoms with Crippen molar-refractivity contribution in [2.75, 3.05) is 12.5 Å². The first-order chi connectivity index (χ1) is 8.76. The minimum atomic E-state index is 0.0198. The van der Waals surface area contributed by atoms with E-state index < -0.39 is 0 Å². The highest BCUT2D eigenvalue weighted by Gasteiger charge is 1.95. The molecule has 0 heterocycles. The zero-order valence-electron chi connectivity index (χ0n) is 10.5. The average molecular weight is 276 g/mol. The van der Waals surface area contributed by atoms with Crippen LogP contribution in [-0.2, 0) is 4.79 Å². The number of ketones is 1. The highest BCUT2D eigenvalue weighted by atomic mass is 32.2. The molecule has 94 valence electrons. The van der Waals surface area contributed by atoms with Gasteiger partial charge in [-0.3, -0.25) is 4.79 Å². The summed E-state index contributed by atoms with van der Waals surface area (Å²) in [5, 5.41) is 0. The van der Waals surface area contributed by atoms with E-state index in [1.54, 1.807) is 41.8 Å². The van der Waals surface area contributed by atoms with Gasteiger partial charge in [0.1, 0.15) is 0 Å². The molecule has 0 saturated heterocycles. The molecular weight excluding hydrogens is 260 g/mol. The number of carbonyl (C=O) groups excluding carboxylic acids is 1. The summed E-state index contributed by atoms with van der Waals surface area (Å²) in [5.74, 6) is 0.0198. The van der Waals surface area contributed by atoms with E-state index in [1.165, 1.54) is 0 Å². The highest BCUT2D eigenvalue weighted by Crippen LogP contribution is 2.22. The van der Waals surface area contributed by atoms with Crippen LogP contribution in [-0.4, -0.2) is 18.3 Å². The number of thioether (sulfide) groups is 2. The van der Waals surface area contributed by atoms with Gasteiger partial charge in [0, 0.05) is 10.3 Å². The number of allylic oxidation sites excluding steroid dienone is 4. The fourth-order valence-corrected chi connectivity index (χ4v) is 2.38. The molecule has 0 radical (unpaired) electrons. The highest BCUT2D eigenvalue weighted by molar-refractivity contribution is 8.21. The van der Waals surface area contributed by atoms with Gasteiger partial charge in [-0.25, -0.2) is 0 Å². The van der Waals surface area contributed by atoms with E-state index in [-0.39, 0.29) is 5.78 Å². The third-order valence-electron chi connectivity index (χ3n) is 2.12. The van der Waals surface area contributed by atoms with Gasteiger partial charge in [-0.2, -0.15) is 0 Å². The van der Waals surface area contributed by atoms with Crippen molar-refractivity contribution in [3.8, 4) is 0 Å². The van der Waals surface area contributed by atoms with Crippen molar-refractivity contribution >= 4 is 35.4 Å². The second-order valence-electron chi connectivity index (χ2n) is 3.40. The number of hydrogen-bond acceptors (Lipinski definition) is 3. The molecule has 0 aliphatic carbocycles. The molecule has 3 heteroatoms. The predicted molar refractivity (Wildman–Crippen MR) is 84.7 cm³/mol. The lowest BCUT2D eigenvalue weighted by atomic mass is 10.2. The Morgan fingerprint density at radius 3 is 2.33 bits per heavy atom. The largest absolute Gasteiger partial charge is 0.290 e. The van der Waals surface area contributed by atoms with Gasteiger partial charge in [0.05, 0.1) is 0 Å². The normalized spacial score (nSPS) is 11.0. The Morgan fingerprint density at radius 2 is 1.72 bits per heavy atom. The SMILES string of the molecule is CSC(=CC(=O)C=CC=Cc1ccccc1)SC.